The molecule has 0 spiro atoms. The third-order valence-electron chi connectivity index (χ3n) is 8.33. The summed E-state index contributed by atoms with van der Waals surface area (Å²) in [6.45, 7) is 1.49. The molecule has 1 atom stereocenters. The van der Waals surface area contributed by atoms with E-state index in [1.807, 2.05) is 9.78 Å². The number of rotatable bonds is 5. The van der Waals surface area contributed by atoms with Gasteiger partial charge in [0.15, 0.2) is 0 Å². The van der Waals surface area contributed by atoms with Gasteiger partial charge in [-0.3, -0.25) is 14.6 Å². The van der Waals surface area contributed by atoms with Gasteiger partial charge >= 0.3 is 12.4 Å². The predicted molar refractivity (Wildman–Crippen MR) is 132 cm³/mol. The van der Waals surface area contributed by atoms with Gasteiger partial charge in [0, 0.05) is 43.6 Å². The van der Waals surface area contributed by atoms with Gasteiger partial charge in [0.05, 0.1) is 23.5 Å². The molecule has 1 N–H and O–H groups in total. The maximum atomic E-state index is 13.6. The second kappa shape index (κ2) is 9.95. The fourth-order valence-electron chi connectivity index (χ4n) is 6.16. The Hall–Kier alpha value is -3.32. The molecular formula is C26H29F6N7O. The molecule has 2 aliphatic heterocycles. The van der Waals surface area contributed by atoms with Gasteiger partial charge in [-0.05, 0) is 50.5 Å². The van der Waals surface area contributed by atoms with Crippen LogP contribution < -0.4 is 4.90 Å². The van der Waals surface area contributed by atoms with Gasteiger partial charge in [-0.1, -0.05) is 12.2 Å². The molecule has 0 radical (unpaired) electrons. The second-order valence-electron chi connectivity index (χ2n) is 11.0. The van der Waals surface area contributed by atoms with E-state index in [0.29, 0.717) is 56.5 Å². The molecule has 2 saturated heterocycles. The zero-order valence-corrected chi connectivity index (χ0v) is 21.6. The quantitative estimate of drug-likeness (QED) is 0.487. The average molecular weight is 570 g/mol. The minimum absolute atomic E-state index is 0.00437. The largest absolute Gasteiger partial charge is 0.451 e. The Morgan fingerprint density at radius 1 is 0.950 bits per heavy atom. The summed E-state index contributed by atoms with van der Waals surface area (Å²) in [5.41, 5.74) is 1.18. The summed E-state index contributed by atoms with van der Waals surface area (Å²) >= 11 is 0. The third-order valence-corrected chi connectivity index (χ3v) is 8.33. The van der Waals surface area contributed by atoms with Crippen LogP contribution in [0.15, 0.2) is 29.5 Å². The smallest absolute Gasteiger partial charge is 0.339 e. The molecule has 1 saturated carbocycles. The van der Waals surface area contributed by atoms with Gasteiger partial charge < -0.3 is 9.80 Å². The summed E-state index contributed by atoms with van der Waals surface area (Å²) in [7, 11) is 0. The monoisotopic (exact) mass is 569 g/mol. The molecule has 0 unspecified atom stereocenters. The minimum atomic E-state index is -4.60. The van der Waals surface area contributed by atoms with E-state index < -0.39 is 23.8 Å². The number of nitrogens with zero attached hydrogens (tertiary/aromatic N) is 6. The average Bonchev–Trinajstić information content (AvgIpc) is 3.32. The lowest BCUT2D eigenvalue weighted by Crippen LogP contribution is -2.36. The molecule has 1 amide bonds. The fraction of sp³-hybridized carbons (Fsp3) is 0.615. The minimum Gasteiger partial charge on any atom is -0.339 e. The van der Waals surface area contributed by atoms with Gasteiger partial charge in [0.1, 0.15) is 0 Å². The van der Waals surface area contributed by atoms with E-state index in [4.69, 9.17) is 0 Å². The van der Waals surface area contributed by atoms with Gasteiger partial charge in [-0.2, -0.15) is 36.4 Å². The van der Waals surface area contributed by atoms with E-state index in [9.17, 15) is 31.1 Å². The number of aromatic amines is 1. The van der Waals surface area contributed by atoms with E-state index in [1.165, 1.54) is 0 Å². The van der Waals surface area contributed by atoms with E-state index in [1.54, 1.807) is 28.1 Å². The van der Waals surface area contributed by atoms with Crippen molar-refractivity contribution in [2.45, 2.75) is 69.3 Å². The molecule has 2 aliphatic carbocycles. The van der Waals surface area contributed by atoms with Crippen LogP contribution in [0.25, 0.3) is 0 Å². The number of hydrogen-bond donors (Lipinski definition) is 1. The SMILES string of the molecule is O=C(c1cnn(C2CCN(c3n[nH]c(C(F)(F)F)n3)CC2)c1C1CC1)N1CC[C@@H](C2=C(C(F)(F)F)CCC=C2)C1. The first-order chi connectivity index (χ1) is 19.0. The number of nitrogens with one attached hydrogen (secondary N) is 1. The van der Waals surface area contributed by atoms with Crippen LogP contribution in [0.2, 0.25) is 0 Å². The number of piperidine rings is 1. The Bertz CT molecular complexity index is 1330. The fourth-order valence-corrected chi connectivity index (χ4v) is 6.16. The number of aromatic nitrogens is 5. The van der Waals surface area contributed by atoms with Crippen molar-refractivity contribution in [2.24, 2.45) is 5.92 Å². The second-order valence-corrected chi connectivity index (χ2v) is 11.0. The lowest BCUT2D eigenvalue weighted by molar-refractivity contribution is -0.144. The van der Waals surface area contributed by atoms with Crippen LogP contribution in [0.5, 0.6) is 0 Å². The molecule has 2 aromatic rings. The molecular weight excluding hydrogens is 540 g/mol. The predicted octanol–water partition coefficient (Wildman–Crippen LogP) is 5.41. The Balaban J connectivity index is 1.15. The standard InChI is InChI=1S/C26H29F6N7O/c27-25(28,29)20-4-2-1-3-18(20)16-7-10-38(14-16)22(40)19-13-33-39(21(19)15-5-6-15)17-8-11-37(12-9-17)24-34-23(35-36-24)26(30,31)32/h1,3,13,15-17H,2,4-12,14H2,(H,34,35,36)/t16-/m1/s1. The van der Waals surface area contributed by atoms with Crippen molar-refractivity contribution >= 4 is 11.9 Å². The molecule has 40 heavy (non-hydrogen) atoms. The van der Waals surface area contributed by atoms with Crippen molar-refractivity contribution in [3.8, 4) is 0 Å². The Kier molecular flexibility index (Phi) is 6.68. The van der Waals surface area contributed by atoms with Crippen molar-refractivity contribution < 1.29 is 31.1 Å². The zero-order valence-electron chi connectivity index (χ0n) is 21.6. The van der Waals surface area contributed by atoms with Crippen LogP contribution in [0.1, 0.15) is 78.8 Å². The first kappa shape index (κ1) is 26.9. The number of H-pyrrole nitrogens is 1. The summed E-state index contributed by atoms with van der Waals surface area (Å²) in [4.78, 5) is 20.5. The van der Waals surface area contributed by atoms with Crippen LogP contribution >= 0.6 is 0 Å². The molecule has 14 heteroatoms. The van der Waals surface area contributed by atoms with Crippen molar-refractivity contribution in [3.63, 3.8) is 0 Å². The molecule has 3 fully saturated rings. The van der Waals surface area contributed by atoms with Crippen LogP contribution in [-0.2, 0) is 6.18 Å². The van der Waals surface area contributed by atoms with Crippen LogP contribution in [0.4, 0.5) is 32.3 Å². The van der Waals surface area contributed by atoms with Crippen LogP contribution in [-0.4, -0.2) is 68.1 Å². The molecule has 2 aromatic heterocycles. The van der Waals surface area contributed by atoms with Crippen molar-refractivity contribution in [3.05, 3.63) is 46.6 Å². The van der Waals surface area contributed by atoms with Crippen molar-refractivity contribution in [1.82, 2.24) is 29.9 Å². The maximum Gasteiger partial charge on any atom is 0.451 e. The first-order valence-electron chi connectivity index (χ1n) is 13.6. The number of alkyl halides is 6. The highest BCUT2D eigenvalue weighted by Gasteiger charge is 2.42. The number of halogens is 6. The molecule has 4 heterocycles. The summed E-state index contributed by atoms with van der Waals surface area (Å²) < 4.78 is 81.4. The number of amides is 1. The summed E-state index contributed by atoms with van der Waals surface area (Å²) in [6.07, 6.45) is -0.193. The number of carbonyl (C=O) groups excluding carboxylic acids is 1. The topological polar surface area (TPSA) is 82.9 Å². The highest BCUT2D eigenvalue weighted by atomic mass is 19.4. The summed E-state index contributed by atoms with van der Waals surface area (Å²) in [5.74, 6) is -1.49. The number of anilines is 1. The van der Waals surface area contributed by atoms with Crippen molar-refractivity contribution in [2.75, 3.05) is 31.1 Å². The van der Waals surface area contributed by atoms with Gasteiger partial charge in [-0.15, -0.1) is 5.10 Å². The Labute approximate surface area is 226 Å². The van der Waals surface area contributed by atoms with Crippen molar-refractivity contribution in [1.29, 1.82) is 0 Å². The number of carbonyl (C=O) groups is 1. The van der Waals surface area contributed by atoms with Crippen LogP contribution in [0.3, 0.4) is 0 Å². The van der Waals surface area contributed by atoms with Gasteiger partial charge in [0.25, 0.3) is 5.91 Å². The lowest BCUT2D eigenvalue weighted by Gasteiger charge is -2.32. The number of hydrogen-bond acceptors (Lipinski definition) is 5. The normalized spacial score (nSPS) is 23.0. The third kappa shape index (κ3) is 5.12. The van der Waals surface area contributed by atoms with E-state index in [0.717, 1.165) is 18.5 Å². The van der Waals surface area contributed by atoms with E-state index in [-0.39, 0.29) is 42.7 Å². The zero-order chi connectivity index (χ0) is 28.2. The van der Waals surface area contributed by atoms with E-state index in [2.05, 4.69) is 15.2 Å². The first-order valence-corrected chi connectivity index (χ1v) is 13.6. The summed E-state index contributed by atoms with van der Waals surface area (Å²) in [5, 5.41) is 10.2. The number of likely N-dealkylation sites (tertiary alicyclic amines) is 1. The Morgan fingerprint density at radius 2 is 1.70 bits per heavy atom. The number of allylic oxidation sites excluding steroid dienone is 3. The van der Waals surface area contributed by atoms with E-state index >= 15 is 0 Å². The maximum absolute atomic E-state index is 13.6. The van der Waals surface area contributed by atoms with Gasteiger partial charge in [0.2, 0.25) is 11.8 Å². The Morgan fingerprint density at radius 3 is 2.35 bits per heavy atom. The lowest BCUT2D eigenvalue weighted by atomic mass is 9.87. The molecule has 8 nitrogen and oxygen atoms in total. The molecule has 6 rings (SSSR count). The molecule has 4 aliphatic rings. The highest BCUT2D eigenvalue weighted by Crippen LogP contribution is 2.45. The highest BCUT2D eigenvalue weighted by molar-refractivity contribution is 5.95. The molecule has 0 aromatic carbocycles. The van der Waals surface area contributed by atoms with Crippen LogP contribution in [0, 0.1) is 5.92 Å². The molecule has 0 bridgehead atoms. The molecule has 216 valence electrons. The van der Waals surface area contributed by atoms with Gasteiger partial charge in [-0.25, -0.2) is 0 Å². The summed E-state index contributed by atoms with van der Waals surface area (Å²) in [6, 6.07) is -0.0346.